The molecule has 1 N–H and O–H groups in total. The molecule has 0 saturated heterocycles. The van der Waals surface area contributed by atoms with E-state index in [1.165, 1.54) is 11.1 Å². The van der Waals surface area contributed by atoms with Crippen molar-refractivity contribution in [3.63, 3.8) is 0 Å². The van der Waals surface area contributed by atoms with Gasteiger partial charge in [0.15, 0.2) is 0 Å². The van der Waals surface area contributed by atoms with Gasteiger partial charge in [-0.05, 0) is 11.1 Å². The van der Waals surface area contributed by atoms with Crippen molar-refractivity contribution in [2.45, 2.75) is 12.1 Å². The highest BCUT2D eigenvalue weighted by Gasteiger charge is 2.30. The summed E-state index contributed by atoms with van der Waals surface area (Å²) in [4.78, 5) is 0. The summed E-state index contributed by atoms with van der Waals surface area (Å²) in [7, 11) is 0. The van der Waals surface area contributed by atoms with Crippen LogP contribution in [0.5, 0.6) is 0 Å². The Balaban J connectivity index is 2.28. The number of benzene rings is 1. The lowest BCUT2D eigenvalue weighted by Gasteiger charge is -2.05. The average molecular weight is 143 g/mol. The summed E-state index contributed by atoms with van der Waals surface area (Å²) < 4.78 is 0. The average Bonchev–Trinajstić information content (AvgIpc) is 2.64. The second-order valence-corrected chi connectivity index (χ2v) is 3.14. The minimum atomic E-state index is 0.496. The fourth-order valence-electron chi connectivity index (χ4n) is 1.99. The van der Waals surface area contributed by atoms with Gasteiger partial charge in [-0.3, -0.25) is 5.32 Å². The van der Waals surface area contributed by atoms with Crippen molar-refractivity contribution in [1.82, 2.24) is 5.32 Å². The molecule has 1 aromatic rings. The number of hydrogen-bond acceptors (Lipinski definition) is 1. The minimum absolute atomic E-state index is 0.496. The van der Waals surface area contributed by atoms with Crippen LogP contribution in [-0.4, -0.2) is 0 Å². The van der Waals surface area contributed by atoms with Crippen LogP contribution < -0.4 is 5.32 Å². The largest absolute Gasteiger partial charge is 0.296 e. The van der Waals surface area contributed by atoms with Crippen molar-refractivity contribution >= 4 is 0 Å². The fourth-order valence-corrected chi connectivity index (χ4v) is 1.99. The Morgan fingerprint density at radius 1 is 0.909 bits per heavy atom. The maximum Gasteiger partial charge on any atom is 0.0517 e. The quantitative estimate of drug-likeness (QED) is 0.547. The molecule has 1 heteroatoms. The van der Waals surface area contributed by atoms with Crippen LogP contribution in [-0.2, 0) is 0 Å². The van der Waals surface area contributed by atoms with Gasteiger partial charge in [-0.15, -0.1) is 0 Å². The van der Waals surface area contributed by atoms with Crippen LogP contribution in [0.4, 0.5) is 0 Å². The third kappa shape index (κ3) is 0.589. The van der Waals surface area contributed by atoms with E-state index in [1.807, 2.05) is 0 Å². The first-order valence-corrected chi connectivity index (χ1v) is 3.98. The van der Waals surface area contributed by atoms with E-state index >= 15 is 0 Å². The number of fused-ring (bicyclic) bond motifs is 5. The molecule has 0 aromatic heterocycles. The van der Waals surface area contributed by atoms with E-state index in [1.54, 1.807) is 0 Å². The standard InChI is InChI=1S/C10H9N/c1-2-4-8-7(3-1)9-5-6-10(8)11-9/h1-6,9-11H/t9-,10+. The minimum Gasteiger partial charge on any atom is -0.296 e. The smallest absolute Gasteiger partial charge is 0.0517 e. The third-order valence-electron chi connectivity index (χ3n) is 2.52. The molecule has 2 aliphatic heterocycles. The van der Waals surface area contributed by atoms with E-state index < -0.39 is 0 Å². The van der Waals surface area contributed by atoms with Gasteiger partial charge < -0.3 is 0 Å². The number of hydrogen-bond donors (Lipinski definition) is 1. The first-order chi connectivity index (χ1) is 5.45. The lowest BCUT2D eigenvalue weighted by atomic mass is 9.97. The van der Waals surface area contributed by atoms with Gasteiger partial charge in [0.1, 0.15) is 0 Å². The van der Waals surface area contributed by atoms with Gasteiger partial charge in [0.25, 0.3) is 0 Å². The molecule has 3 rings (SSSR count). The predicted molar refractivity (Wildman–Crippen MR) is 44.2 cm³/mol. The Kier molecular flexibility index (Phi) is 0.880. The van der Waals surface area contributed by atoms with Crippen molar-refractivity contribution < 1.29 is 0 Å². The summed E-state index contributed by atoms with van der Waals surface area (Å²) in [6, 6.07) is 9.62. The molecule has 0 fully saturated rings. The zero-order valence-electron chi connectivity index (χ0n) is 6.12. The van der Waals surface area contributed by atoms with Gasteiger partial charge in [0.05, 0.1) is 12.1 Å². The Bertz CT molecular complexity index is 296. The normalized spacial score (nSPS) is 30.9. The summed E-state index contributed by atoms with van der Waals surface area (Å²) >= 11 is 0. The molecule has 1 nitrogen and oxygen atoms in total. The second-order valence-electron chi connectivity index (χ2n) is 3.14. The Morgan fingerprint density at radius 3 is 2.00 bits per heavy atom. The lowest BCUT2D eigenvalue weighted by Crippen LogP contribution is -2.07. The fraction of sp³-hybridized carbons (Fsp3) is 0.200. The zero-order valence-corrected chi connectivity index (χ0v) is 6.12. The van der Waals surface area contributed by atoms with E-state index in [2.05, 4.69) is 41.7 Å². The van der Waals surface area contributed by atoms with E-state index in [0.717, 1.165) is 0 Å². The van der Waals surface area contributed by atoms with Gasteiger partial charge in [-0.2, -0.15) is 0 Å². The Labute approximate surface area is 65.7 Å². The molecule has 1 aromatic carbocycles. The van der Waals surface area contributed by atoms with Crippen LogP contribution in [0.2, 0.25) is 0 Å². The van der Waals surface area contributed by atoms with E-state index in [4.69, 9.17) is 0 Å². The predicted octanol–water partition coefficient (Wildman–Crippen LogP) is 1.94. The maximum atomic E-state index is 3.48. The van der Waals surface area contributed by atoms with Crippen molar-refractivity contribution in [1.29, 1.82) is 0 Å². The zero-order chi connectivity index (χ0) is 7.26. The highest BCUT2D eigenvalue weighted by atomic mass is 15.0. The molecule has 2 bridgehead atoms. The van der Waals surface area contributed by atoms with E-state index in [0.29, 0.717) is 12.1 Å². The topological polar surface area (TPSA) is 12.0 Å². The summed E-state index contributed by atoms with van der Waals surface area (Å²) in [6.45, 7) is 0. The van der Waals surface area contributed by atoms with Crippen molar-refractivity contribution in [2.24, 2.45) is 0 Å². The Morgan fingerprint density at radius 2 is 1.45 bits per heavy atom. The van der Waals surface area contributed by atoms with E-state index in [9.17, 15) is 0 Å². The molecule has 11 heavy (non-hydrogen) atoms. The highest BCUT2D eigenvalue weighted by Crippen LogP contribution is 2.39. The van der Waals surface area contributed by atoms with E-state index in [-0.39, 0.29) is 0 Å². The van der Waals surface area contributed by atoms with Crippen molar-refractivity contribution in [3.05, 3.63) is 47.5 Å². The van der Waals surface area contributed by atoms with Gasteiger partial charge in [0.2, 0.25) is 0 Å². The number of rotatable bonds is 0. The lowest BCUT2D eigenvalue weighted by molar-refractivity contribution is 0.673. The van der Waals surface area contributed by atoms with Crippen molar-refractivity contribution in [3.8, 4) is 0 Å². The monoisotopic (exact) mass is 143 g/mol. The molecule has 2 heterocycles. The van der Waals surface area contributed by atoms with Crippen molar-refractivity contribution in [2.75, 3.05) is 0 Å². The SMILES string of the molecule is C1=C[C@H]2N[C@@H]1c1ccccc12. The van der Waals surface area contributed by atoms with Crippen LogP contribution in [0.3, 0.4) is 0 Å². The van der Waals surface area contributed by atoms with Crippen LogP contribution in [0.1, 0.15) is 23.2 Å². The third-order valence-corrected chi connectivity index (χ3v) is 2.52. The molecule has 0 amide bonds. The van der Waals surface area contributed by atoms with Gasteiger partial charge in [-0.1, -0.05) is 36.4 Å². The molecule has 2 atom stereocenters. The second kappa shape index (κ2) is 1.74. The molecule has 0 spiro atoms. The van der Waals surface area contributed by atoms with Gasteiger partial charge in [0, 0.05) is 0 Å². The summed E-state index contributed by atoms with van der Waals surface area (Å²) in [5.74, 6) is 0. The maximum absolute atomic E-state index is 3.48. The summed E-state index contributed by atoms with van der Waals surface area (Å²) in [6.07, 6.45) is 4.49. The van der Waals surface area contributed by atoms with Crippen LogP contribution in [0, 0.1) is 0 Å². The van der Waals surface area contributed by atoms with Crippen LogP contribution in [0.25, 0.3) is 0 Å². The number of nitrogens with one attached hydrogen (secondary N) is 1. The molecule has 2 aliphatic rings. The Hall–Kier alpha value is -1.08. The first kappa shape index (κ1) is 5.56. The summed E-state index contributed by atoms with van der Waals surface area (Å²) in [5.41, 5.74) is 2.92. The molecule has 0 radical (unpaired) electrons. The van der Waals surface area contributed by atoms with Gasteiger partial charge >= 0.3 is 0 Å². The molecule has 0 saturated carbocycles. The first-order valence-electron chi connectivity index (χ1n) is 3.98. The molecule has 54 valence electrons. The highest BCUT2D eigenvalue weighted by molar-refractivity contribution is 5.45. The van der Waals surface area contributed by atoms with Crippen LogP contribution >= 0.6 is 0 Å². The van der Waals surface area contributed by atoms with Gasteiger partial charge in [-0.25, -0.2) is 0 Å². The molecular formula is C10H9N. The summed E-state index contributed by atoms with van der Waals surface area (Å²) in [5, 5.41) is 3.48. The molecule has 0 aliphatic carbocycles. The van der Waals surface area contributed by atoms with Crippen LogP contribution in [0.15, 0.2) is 36.4 Å². The molecule has 0 unspecified atom stereocenters. The molecular weight excluding hydrogens is 134 g/mol.